The van der Waals surface area contributed by atoms with Crippen molar-refractivity contribution in [3.63, 3.8) is 0 Å². The van der Waals surface area contributed by atoms with E-state index in [4.69, 9.17) is 9.47 Å². The zero-order valence-electron chi connectivity index (χ0n) is 21.1. The summed E-state index contributed by atoms with van der Waals surface area (Å²) in [6.45, 7) is 7.52. The van der Waals surface area contributed by atoms with Crippen molar-refractivity contribution in [2.45, 2.75) is 100 Å². The van der Waals surface area contributed by atoms with Gasteiger partial charge in [-0.3, -0.25) is 0 Å². The number of amides is 1. The third kappa shape index (κ3) is 5.11. The number of carbonyl (C=O) groups is 1. The standard InChI is InChI=1S/C25H33N5O5S/c1-15-22(29-16-5-10-21(26-13-16)36(32,33)20-8-9-20)27-14-28-23(15)34-19-11-17-6-7-18(12-19)30(17)24(31)35-25(2,3)4/h5,10,13-14,17-20H,6-9,11-12H2,1-4H3,(H,27,28,29)/t17-,18?,19+/m0/s1. The van der Waals surface area contributed by atoms with Gasteiger partial charge < -0.3 is 19.7 Å². The lowest BCUT2D eigenvalue weighted by Crippen LogP contribution is -2.50. The van der Waals surface area contributed by atoms with Crippen molar-refractivity contribution in [2.75, 3.05) is 5.32 Å². The van der Waals surface area contributed by atoms with Crippen LogP contribution in [-0.2, 0) is 14.6 Å². The van der Waals surface area contributed by atoms with Crippen LogP contribution in [0.4, 0.5) is 16.3 Å². The van der Waals surface area contributed by atoms with E-state index < -0.39 is 15.4 Å². The first kappa shape index (κ1) is 24.7. The maximum absolute atomic E-state index is 12.7. The zero-order chi connectivity index (χ0) is 25.7. The monoisotopic (exact) mass is 515 g/mol. The van der Waals surface area contributed by atoms with Crippen LogP contribution in [-0.4, -0.2) is 63.4 Å². The molecule has 1 N–H and O–H groups in total. The molecule has 4 heterocycles. The van der Waals surface area contributed by atoms with Crippen LogP contribution in [0.3, 0.4) is 0 Å². The SMILES string of the molecule is Cc1c(Nc2ccc(S(=O)(=O)C3CC3)nc2)ncnc1O[C@H]1CC2CC[C@@H](C1)N2C(=O)OC(C)(C)C. The number of hydrogen-bond donors (Lipinski definition) is 1. The lowest BCUT2D eigenvalue weighted by atomic mass is 10.00. The lowest BCUT2D eigenvalue weighted by molar-refractivity contribution is -0.00770. The van der Waals surface area contributed by atoms with Gasteiger partial charge in [-0.15, -0.1) is 0 Å². The Hall–Kier alpha value is -2.95. The van der Waals surface area contributed by atoms with Crippen molar-refractivity contribution in [3.05, 3.63) is 30.2 Å². The lowest BCUT2D eigenvalue weighted by Gasteiger charge is -2.39. The van der Waals surface area contributed by atoms with E-state index in [0.717, 1.165) is 31.2 Å². The molecule has 3 fully saturated rings. The fourth-order valence-electron chi connectivity index (χ4n) is 4.98. The molecule has 36 heavy (non-hydrogen) atoms. The van der Waals surface area contributed by atoms with Gasteiger partial charge in [0.25, 0.3) is 0 Å². The molecule has 2 aliphatic heterocycles. The number of pyridine rings is 1. The first-order valence-electron chi connectivity index (χ1n) is 12.5. The maximum Gasteiger partial charge on any atom is 0.410 e. The number of sulfone groups is 1. The quantitative estimate of drug-likeness (QED) is 0.603. The van der Waals surface area contributed by atoms with E-state index in [-0.39, 0.29) is 34.6 Å². The van der Waals surface area contributed by atoms with Gasteiger partial charge in [-0.25, -0.2) is 28.2 Å². The van der Waals surface area contributed by atoms with Gasteiger partial charge in [-0.2, -0.15) is 0 Å². The molecular weight excluding hydrogens is 482 g/mol. The molecule has 1 amide bonds. The fraction of sp³-hybridized carbons (Fsp3) is 0.600. The van der Waals surface area contributed by atoms with Crippen LogP contribution in [0.2, 0.25) is 0 Å². The molecule has 2 saturated heterocycles. The predicted octanol–water partition coefficient (Wildman–Crippen LogP) is 4.17. The van der Waals surface area contributed by atoms with Gasteiger partial charge in [0, 0.05) is 24.9 Å². The van der Waals surface area contributed by atoms with Gasteiger partial charge in [0.1, 0.15) is 23.9 Å². The Balaban J connectivity index is 1.24. The Morgan fingerprint density at radius 2 is 1.75 bits per heavy atom. The van der Waals surface area contributed by atoms with Gasteiger partial charge in [0.2, 0.25) is 5.88 Å². The van der Waals surface area contributed by atoms with E-state index >= 15 is 0 Å². The molecule has 2 aromatic rings. The molecule has 2 bridgehead atoms. The third-order valence-electron chi connectivity index (χ3n) is 6.86. The molecular formula is C25H33N5O5S. The smallest absolute Gasteiger partial charge is 0.410 e. The molecule has 0 radical (unpaired) electrons. The molecule has 0 spiro atoms. The van der Waals surface area contributed by atoms with Crippen LogP contribution in [0.15, 0.2) is 29.7 Å². The zero-order valence-corrected chi connectivity index (χ0v) is 21.9. The molecule has 3 aliphatic rings. The van der Waals surface area contributed by atoms with E-state index in [9.17, 15) is 13.2 Å². The minimum Gasteiger partial charge on any atom is -0.474 e. The van der Waals surface area contributed by atoms with Crippen LogP contribution in [0.25, 0.3) is 0 Å². The number of nitrogens with one attached hydrogen (secondary N) is 1. The topological polar surface area (TPSA) is 124 Å². The summed E-state index contributed by atoms with van der Waals surface area (Å²) < 4.78 is 36.7. The molecule has 2 aromatic heterocycles. The summed E-state index contributed by atoms with van der Waals surface area (Å²) in [6.07, 6.45) is 7.38. The molecule has 5 rings (SSSR count). The van der Waals surface area contributed by atoms with E-state index in [1.54, 1.807) is 6.07 Å². The minimum atomic E-state index is -3.33. The third-order valence-corrected chi connectivity index (χ3v) is 9.04. The number of anilines is 2. The van der Waals surface area contributed by atoms with Crippen LogP contribution < -0.4 is 10.1 Å². The van der Waals surface area contributed by atoms with E-state index in [1.807, 2.05) is 32.6 Å². The second kappa shape index (κ2) is 9.17. The highest BCUT2D eigenvalue weighted by molar-refractivity contribution is 7.92. The molecule has 3 atom stereocenters. The summed E-state index contributed by atoms with van der Waals surface area (Å²) >= 11 is 0. The van der Waals surface area contributed by atoms with E-state index in [1.165, 1.54) is 18.6 Å². The molecule has 1 aliphatic carbocycles. The first-order valence-corrected chi connectivity index (χ1v) is 14.0. The van der Waals surface area contributed by atoms with Crippen molar-refractivity contribution in [1.82, 2.24) is 19.9 Å². The summed E-state index contributed by atoms with van der Waals surface area (Å²) in [5.41, 5.74) is 0.849. The number of rotatable bonds is 6. The second-order valence-electron chi connectivity index (χ2n) is 10.9. The normalized spacial score (nSPS) is 23.9. The van der Waals surface area contributed by atoms with Gasteiger partial charge in [-0.1, -0.05) is 0 Å². The average molecular weight is 516 g/mol. The van der Waals surface area contributed by atoms with Crippen molar-refractivity contribution in [3.8, 4) is 5.88 Å². The Kier molecular flexibility index (Phi) is 6.30. The Labute approximate surface area is 211 Å². The molecule has 0 aromatic carbocycles. The number of piperidine rings is 1. The summed E-state index contributed by atoms with van der Waals surface area (Å²) in [6, 6.07) is 3.41. The fourth-order valence-corrected chi connectivity index (χ4v) is 6.54. The van der Waals surface area contributed by atoms with E-state index in [0.29, 0.717) is 30.2 Å². The van der Waals surface area contributed by atoms with E-state index in [2.05, 4.69) is 20.3 Å². The number of ether oxygens (including phenoxy) is 2. The maximum atomic E-state index is 12.7. The molecule has 1 unspecified atom stereocenters. The number of aromatic nitrogens is 3. The van der Waals surface area contributed by atoms with Gasteiger partial charge in [0.15, 0.2) is 14.9 Å². The highest BCUT2D eigenvalue weighted by Gasteiger charge is 2.45. The summed E-state index contributed by atoms with van der Waals surface area (Å²) in [4.78, 5) is 27.4. The number of fused-ring (bicyclic) bond motifs is 2. The average Bonchev–Trinajstić information content (AvgIpc) is 3.62. The molecule has 11 heteroatoms. The highest BCUT2D eigenvalue weighted by atomic mass is 32.2. The van der Waals surface area contributed by atoms with Gasteiger partial charge >= 0.3 is 6.09 Å². The Bertz CT molecular complexity index is 1230. The van der Waals surface area contributed by atoms with Crippen molar-refractivity contribution >= 4 is 27.4 Å². The highest BCUT2D eigenvalue weighted by Crippen LogP contribution is 2.39. The second-order valence-corrected chi connectivity index (χ2v) is 13.1. The van der Waals surface area contributed by atoms with Crippen LogP contribution in [0.1, 0.15) is 64.9 Å². The van der Waals surface area contributed by atoms with Crippen LogP contribution in [0.5, 0.6) is 5.88 Å². The molecule has 10 nitrogen and oxygen atoms in total. The molecule has 194 valence electrons. The Morgan fingerprint density at radius 3 is 2.33 bits per heavy atom. The first-order chi connectivity index (χ1) is 17.0. The molecule has 1 saturated carbocycles. The Morgan fingerprint density at radius 1 is 1.06 bits per heavy atom. The van der Waals surface area contributed by atoms with Crippen molar-refractivity contribution in [2.24, 2.45) is 0 Å². The minimum absolute atomic E-state index is 0.0591. The van der Waals surface area contributed by atoms with Gasteiger partial charge in [-0.05, 0) is 65.5 Å². The van der Waals surface area contributed by atoms with Crippen LogP contribution >= 0.6 is 0 Å². The van der Waals surface area contributed by atoms with Crippen molar-refractivity contribution < 1.29 is 22.7 Å². The van der Waals surface area contributed by atoms with Crippen molar-refractivity contribution in [1.29, 1.82) is 0 Å². The largest absolute Gasteiger partial charge is 0.474 e. The summed E-state index contributed by atoms with van der Waals surface area (Å²) in [7, 11) is -3.33. The summed E-state index contributed by atoms with van der Waals surface area (Å²) in [5, 5.41) is 3.00. The predicted molar refractivity (Wildman–Crippen MR) is 133 cm³/mol. The number of carbonyl (C=O) groups excluding carboxylic acids is 1. The number of hydrogen-bond acceptors (Lipinski definition) is 9. The summed E-state index contributed by atoms with van der Waals surface area (Å²) in [5.74, 6) is 1.05. The van der Waals surface area contributed by atoms with Crippen LogP contribution in [0, 0.1) is 6.92 Å². The van der Waals surface area contributed by atoms with Gasteiger partial charge in [0.05, 0.1) is 22.7 Å². The number of nitrogens with zero attached hydrogens (tertiary/aromatic N) is 4.